The second-order valence-electron chi connectivity index (χ2n) is 2.54. The van der Waals surface area contributed by atoms with Crippen molar-refractivity contribution in [3.63, 3.8) is 0 Å². The molecule has 1 unspecified atom stereocenters. The van der Waals surface area contributed by atoms with Crippen molar-refractivity contribution in [2.45, 2.75) is 13.0 Å². The quantitative estimate of drug-likeness (QED) is 0.631. The first-order chi connectivity index (χ1) is 5.70. The summed E-state index contributed by atoms with van der Waals surface area (Å²) in [6.07, 6.45) is 3.12. The third-order valence-corrected chi connectivity index (χ3v) is 1.55. The fourth-order valence-electron chi connectivity index (χ4n) is 0.782. The summed E-state index contributed by atoms with van der Waals surface area (Å²) in [6, 6.07) is 0. The topological polar surface area (TPSA) is 55.8 Å². The summed E-state index contributed by atoms with van der Waals surface area (Å²) in [5, 5.41) is 8.50. The predicted molar refractivity (Wildman–Crippen MR) is 41.4 cm³/mol. The summed E-state index contributed by atoms with van der Waals surface area (Å²) in [5.74, 6) is -0.912. The van der Waals surface area contributed by atoms with E-state index in [1.807, 2.05) is 0 Å². The number of ether oxygens (including phenoxy) is 2. The Morgan fingerprint density at radius 2 is 2.42 bits per heavy atom. The second-order valence-corrected chi connectivity index (χ2v) is 2.54. The summed E-state index contributed by atoms with van der Waals surface area (Å²) in [7, 11) is 0. The van der Waals surface area contributed by atoms with Crippen LogP contribution in [0, 0.1) is 6.42 Å². The summed E-state index contributed by atoms with van der Waals surface area (Å²) in [5.41, 5.74) is 0.297. The lowest BCUT2D eigenvalue weighted by molar-refractivity contribution is -0.132. The van der Waals surface area contributed by atoms with Crippen molar-refractivity contribution >= 4 is 5.97 Å². The number of hydrogen-bond donors (Lipinski definition) is 1. The standard InChI is InChI=1S/C8H11O4/c1-6(8(9)10)2-3-7-4-11-5-12-7/h2-3,7H,4-5H2,1H3,(H,9,10). The van der Waals surface area contributed by atoms with Crippen LogP contribution in [0.4, 0.5) is 0 Å². The van der Waals surface area contributed by atoms with Gasteiger partial charge in [-0.2, -0.15) is 0 Å². The number of hydrogen-bond acceptors (Lipinski definition) is 3. The lowest BCUT2D eigenvalue weighted by Crippen LogP contribution is -2.09. The molecule has 1 heterocycles. The van der Waals surface area contributed by atoms with Gasteiger partial charge in [0.15, 0.2) is 0 Å². The van der Waals surface area contributed by atoms with Gasteiger partial charge < -0.3 is 14.6 Å². The minimum Gasteiger partial charge on any atom is -0.478 e. The van der Waals surface area contributed by atoms with Crippen LogP contribution in [0.15, 0.2) is 11.6 Å². The summed E-state index contributed by atoms with van der Waals surface area (Å²) in [6.45, 7) is 2.33. The lowest BCUT2D eigenvalue weighted by Gasteiger charge is -2.01. The Kier molecular flexibility index (Phi) is 3.25. The van der Waals surface area contributed by atoms with Crippen LogP contribution in [0.2, 0.25) is 0 Å². The van der Waals surface area contributed by atoms with E-state index in [9.17, 15) is 4.79 Å². The monoisotopic (exact) mass is 171 g/mol. The Morgan fingerprint density at radius 1 is 1.67 bits per heavy atom. The number of carbonyl (C=O) groups is 1. The highest BCUT2D eigenvalue weighted by Gasteiger charge is 2.15. The zero-order chi connectivity index (χ0) is 8.97. The van der Waals surface area contributed by atoms with Crippen molar-refractivity contribution in [2.75, 3.05) is 13.4 Å². The highest BCUT2D eigenvalue weighted by Crippen LogP contribution is 2.08. The van der Waals surface area contributed by atoms with Gasteiger partial charge >= 0.3 is 5.97 Å². The fraction of sp³-hybridized carbons (Fsp3) is 0.500. The smallest absolute Gasteiger partial charge is 0.330 e. The van der Waals surface area contributed by atoms with Gasteiger partial charge in [0.1, 0.15) is 6.79 Å². The molecule has 0 aromatic carbocycles. The van der Waals surface area contributed by atoms with Crippen molar-refractivity contribution in [1.82, 2.24) is 0 Å². The van der Waals surface area contributed by atoms with Gasteiger partial charge in [-0.15, -0.1) is 0 Å². The Balaban J connectivity index is 2.31. The summed E-state index contributed by atoms with van der Waals surface area (Å²) in [4.78, 5) is 10.3. The minimum atomic E-state index is -0.912. The molecular formula is C8H11O4. The summed E-state index contributed by atoms with van der Waals surface area (Å²) >= 11 is 0. The van der Waals surface area contributed by atoms with Gasteiger partial charge in [-0.3, -0.25) is 0 Å². The van der Waals surface area contributed by atoms with Crippen molar-refractivity contribution in [2.24, 2.45) is 0 Å². The van der Waals surface area contributed by atoms with Crippen molar-refractivity contribution in [3.8, 4) is 0 Å². The fourth-order valence-corrected chi connectivity index (χ4v) is 0.782. The van der Waals surface area contributed by atoms with E-state index in [4.69, 9.17) is 14.6 Å². The molecule has 0 amide bonds. The van der Waals surface area contributed by atoms with Gasteiger partial charge in [0, 0.05) is 12.0 Å². The van der Waals surface area contributed by atoms with Crippen molar-refractivity contribution in [3.05, 3.63) is 18.1 Å². The summed E-state index contributed by atoms with van der Waals surface area (Å²) < 4.78 is 9.99. The molecule has 4 heteroatoms. The molecule has 1 atom stereocenters. The highest BCUT2D eigenvalue weighted by molar-refractivity contribution is 5.86. The highest BCUT2D eigenvalue weighted by atomic mass is 16.7. The molecule has 1 aliphatic heterocycles. The molecule has 0 aromatic rings. The van der Waals surface area contributed by atoms with Crippen LogP contribution in [-0.4, -0.2) is 30.6 Å². The third-order valence-electron chi connectivity index (χ3n) is 1.55. The largest absolute Gasteiger partial charge is 0.478 e. The van der Waals surface area contributed by atoms with Gasteiger partial charge in [0.2, 0.25) is 0 Å². The zero-order valence-corrected chi connectivity index (χ0v) is 6.82. The van der Waals surface area contributed by atoms with E-state index in [0.29, 0.717) is 19.0 Å². The predicted octanol–water partition coefficient (Wildman–Crippen LogP) is 0.594. The first-order valence-electron chi connectivity index (χ1n) is 3.64. The van der Waals surface area contributed by atoms with Crippen LogP contribution in [0.25, 0.3) is 0 Å². The maximum Gasteiger partial charge on any atom is 0.330 e. The Morgan fingerprint density at radius 3 is 2.92 bits per heavy atom. The maximum absolute atomic E-state index is 10.3. The van der Waals surface area contributed by atoms with Crippen LogP contribution < -0.4 is 0 Å². The molecule has 1 radical (unpaired) electrons. The Bertz CT molecular complexity index is 191. The van der Waals surface area contributed by atoms with Crippen LogP contribution in [0.3, 0.4) is 0 Å². The first kappa shape index (κ1) is 9.22. The molecule has 4 nitrogen and oxygen atoms in total. The molecule has 0 bridgehead atoms. The average molecular weight is 171 g/mol. The van der Waals surface area contributed by atoms with Gasteiger partial charge in [-0.05, 0) is 6.92 Å². The van der Waals surface area contributed by atoms with Crippen molar-refractivity contribution in [1.29, 1.82) is 0 Å². The lowest BCUT2D eigenvalue weighted by atomic mass is 10.2. The van der Waals surface area contributed by atoms with Gasteiger partial charge in [-0.25, -0.2) is 4.79 Å². The van der Waals surface area contributed by atoms with E-state index in [1.54, 1.807) is 6.42 Å². The van der Waals surface area contributed by atoms with Crippen LogP contribution in [-0.2, 0) is 14.3 Å². The molecule has 0 saturated carbocycles. The first-order valence-corrected chi connectivity index (χ1v) is 3.64. The molecule has 1 saturated heterocycles. The molecule has 1 fully saturated rings. The molecule has 0 aliphatic carbocycles. The van der Waals surface area contributed by atoms with Gasteiger partial charge in [0.25, 0.3) is 0 Å². The van der Waals surface area contributed by atoms with Crippen LogP contribution in [0.5, 0.6) is 0 Å². The molecule has 0 spiro atoms. The normalized spacial score (nSPS) is 24.4. The maximum atomic E-state index is 10.3. The number of carboxylic acids is 1. The third kappa shape index (κ3) is 2.64. The SMILES string of the molecule is CC(=C[CH]C1COCO1)C(=O)O. The number of rotatable bonds is 3. The van der Waals surface area contributed by atoms with E-state index in [1.165, 1.54) is 13.0 Å². The number of carboxylic acid groups (broad SMARTS) is 1. The van der Waals surface area contributed by atoms with E-state index in [0.717, 1.165) is 0 Å². The van der Waals surface area contributed by atoms with E-state index in [-0.39, 0.29) is 6.10 Å². The molecule has 67 valence electrons. The van der Waals surface area contributed by atoms with E-state index >= 15 is 0 Å². The van der Waals surface area contributed by atoms with Crippen LogP contribution >= 0.6 is 0 Å². The molecular weight excluding hydrogens is 160 g/mol. The molecule has 0 aromatic heterocycles. The molecule has 1 N–H and O–H groups in total. The number of aliphatic carboxylic acids is 1. The van der Waals surface area contributed by atoms with Crippen LogP contribution in [0.1, 0.15) is 6.92 Å². The van der Waals surface area contributed by atoms with Crippen molar-refractivity contribution < 1.29 is 19.4 Å². The van der Waals surface area contributed by atoms with Gasteiger partial charge in [-0.1, -0.05) is 6.08 Å². The minimum absolute atomic E-state index is 0.0979. The van der Waals surface area contributed by atoms with Gasteiger partial charge in [0.05, 0.1) is 12.7 Å². The van der Waals surface area contributed by atoms with E-state index < -0.39 is 5.97 Å². The second kappa shape index (κ2) is 4.23. The Hall–Kier alpha value is -0.870. The average Bonchev–Trinajstić information content (AvgIpc) is 2.51. The Labute approximate surface area is 70.8 Å². The molecule has 1 rings (SSSR count). The molecule has 1 aliphatic rings. The zero-order valence-electron chi connectivity index (χ0n) is 6.82. The van der Waals surface area contributed by atoms with E-state index in [2.05, 4.69) is 0 Å². The molecule has 12 heavy (non-hydrogen) atoms.